The number of methoxy groups -OCH3 is 1. The van der Waals surface area contributed by atoms with Crippen molar-refractivity contribution in [2.75, 3.05) is 20.3 Å². The molecule has 2 aliphatic heterocycles. The van der Waals surface area contributed by atoms with Gasteiger partial charge in [0.1, 0.15) is 25.4 Å². The molecule has 18 heteroatoms. The van der Waals surface area contributed by atoms with Crippen molar-refractivity contribution in [1.29, 1.82) is 0 Å². The van der Waals surface area contributed by atoms with Gasteiger partial charge < -0.3 is 52.1 Å². The molecule has 0 aromatic heterocycles. The third kappa shape index (κ3) is 11.2. The SMILES string of the molecule is CO[C@H]1O[C@H](COC(C)=O)[C@@H](OC(C)=O)[C@H](OC(C)=O)[C@@H]1O[C@H]1O[C@H](COC(C)=O)[C@@H](OC(C)=O)[C@H](OC(C)=O)[C@@H]1OC(C)=O. The molecule has 0 amide bonds. The number of ether oxygens (including phenoxy) is 11. The van der Waals surface area contributed by atoms with Gasteiger partial charge in [-0.2, -0.15) is 0 Å². The molecule has 0 aromatic carbocycles. The highest BCUT2D eigenvalue weighted by Crippen LogP contribution is 2.35. The number of carbonyl (C=O) groups excluding carboxylic acids is 7. The van der Waals surface area contributed by atoms with Crippen LogP contribution in [-0.4, -0.2) is 124 Å². The molecule has 0 aromatic rings. The third-order valence-electron chi connectivity index (χ3n) is 6.12. The van der Waals surface area contributed by atoms with Crippen LogP contribution in [0, 0.1) is 0 Å². The highest BCUT2D eigenvalue weighted by Gasteiger charge is 2.57. The average molecular weight is 651 g/mol. The Morgan fingerprint density at radius 1 is 0.444 bits per heavy atom. The van der Waals surface area contributed by atoms with E-state index in [0.717, 1.165) is 48.5 Å². The van der Waals surface area contributed by atoms with Crippen molar-refractivity contribution in [3.63, 3.8) is 0 Å². The molecular weight excluding hydrogens is 612 g/mol. The molecular formula is C27H38O18. The summed E-state index contributed by atoms with van der Waals surface area (Å²) >= 11 is 0. The summed E-state index contributed by atoms with van der Waals surface area (Å²) in [5.74, 6) is -5.71. The zero-order valence-electron chi connectivity index (χ0n) is 26.0. The van der Waals surface area contributed by atoms with Gasteiger partial charge in [-0.3, -0.25) is 33.6 Å². The van der Waals surface area contributed by atoms with Gasteiger partial charge in [-0.1, -0.05) is 0 Å². The zero-order valence-corrected chi connectivity index (χ0v) is 26.0. The Hall–Kier alpha value is -3.87. The van der Waals surface area contributed by atoms with E-state index < -0.39 is 116 Å². The molecule has 0 spiro atoms. The standard InChI is InChI=1S/C27H38O18/c1-11(28)36-9-18-20(38-13(3)30)22(40-15(5)32)24(26(35-8)43-18)45-27-25(42-17(7)34)23(41-16(6)33)21(39-14(4)31)19(44-27)10-37-12(2)29/h18-27H,9-10H2,1-8H3/t18-,19-,20-,21-,22+,23+,24+,25+,26+,27-/m1/s1. The third-order valence-corrected chi connectivity index (χ3v) is 6.12. The Morgan fingerprint density at radius 2 is 0.778 bits per heavy atom. The number of rotatable bonds is 12. The molecule has 18 nitrogen and oxygen atoms in total. The van der Waals surface area contributed by atoms with Crippen LogP contribution in [0.4, 0.5) is 0 Å². The van der Waals surface area contributed by atoms with Gasteiger partial charge in [-0.15, -0.1) is 0 Å². The molecule has 0 N–H and O–H groups in total. The topological polar surface area (TPSA) is 221 Å². The summed E-state index contributed by atoms with van der Waals surface area (Å²) in [6, 6.07) is 0. The second kappa shape index (κ2) is 17.0. The largest absolute Gasteiger partial charge is 0.463 e. The first-order valence-corrected chi connectivity index (χ1v) is 13.7. The van der Waals surface area contributed by atoms with Crippen LogP contribution in [-0.2, 0) is 85.7 Å². The van der Waals surface area contributed by atoms with E-state index >= 15 is 0 Å². The predicted molar refractivity (Wildman–Crippen MR) is 140 cm³/mol. The van der Waals surface area contributed by atoms with Crippen LogP contribution < -0.4 is 0 Å². The Labute approximate surface area is 258 Å². The van der Waals surface area contributed by atoms with Crippen molar-refractivity contribution in [3.05, 3.63) is 0 Å². The minimum absolute atomic E-state index is 0.448. The first-order valence-electron chi connectivity index (χ1n) is 13.7. The van der Waals surface area contributed by atoms with Crippen LogP contribution in [0.5, 0.6) is 0 Å². The lowest BCUT2D eigenvalue weighted by Gasteiger charge is -2.48. The molecule has 2 heterocycles. The molecule has 2 fully saturated rings. The Bertz CT molecular complexity index is 1110. The molecule has 0 bridgehead atoms. The molecule has 10 atom stereocenters. The van der Waals surface area contributed by atoms with Crippen molar-refractivity contribution < 1.29 is 85.7 Å². The molecule has 0 unspecified atom stereocenters. The van der Waals surface area contributed by atoms with Crippen LogP contribution in [0.15, 0.2) is 0 Å². The van der Waals surface area contributed by atoms with Gasteiger partial charge >= 0.3 is 41.8 Å². The maximum absolute atomic E-state index is 12.2. The first kappa shape index (κ1) is 37.3. The van der Waals surface area contributed by atoms with E-state index in [1.165, 1.54) is 7.11 Å². The van der Waals surface area contributed by atoms with Crippen molar-refractivity contribution in [3.8, 4) is 0 Å². The molecule has 2 rings (SSSR count). The molecule has 2 aliphatic rings. The van der Waals surface area contributed by atoms with E-state index in [2.05, 4.69) is 0 Å². The average Bonchev–Trinajstić information content (AvgIpc) is 2.90. The Morgan fingerprint density at radius 3 is 1.13 bits per heavy atom. The molecule has 254 valence electrons. The highest BCUT2D eigenvalue weighted by molar-refractivity contribution is 5.69. The quantitative estimate of drug-likeness (QED) is 0.187. The lowest BCUT2D eigenvalue weighted by Crippen LogP contribution is -2.67. The molecule has 2 saturated heterocycles. The summed E-state index contributed by atoms with van der Waals surface area (Å²) in [7, 11) is 1.20. The Kier molecular flexibility index (Phi) is 14.1. The molecule has 0 saturated carbocycles. The maximum atomic E-state index is 12.2. The lowest BCUT2D eigenvalue weighted by molar-refractivity contribution is -0.366. The summed E-state index contributed by atoms with van der Waals surface area (Å²) < 4.78 is 60.6. The van der Waals surface area contributed by atoms with Crippen LogP contribution in [0.3, 0.4) is 0 Å². The van der Waals surface area contributed by atoms with E-state index in [4.69, 9.17) is 52.1 Å². The van der Waals surface area contributed by atoms with Gasteiger partial charge in [0.15, 0.2) is 49.2 Å². The van der Waals surface area contributed by atoms with E-state index in [-0.39, 0.29) is 0 Å². The van der Waals surface area contributed by atoms with E-state index in [0.29, 0.717) is 0 Å². The second-order valence-corrected chi connectivity index (χ2v) is 9.90. The predicted octanol–water partition coefficient (Wildman–Crippen LogP) is -0.747. The molecule has 0 radical (unpaired) electrons. The van der Waals surface area contributed by atoms with Crippen molar-refractivity contribution >= 4 is 41.8 Å². The number of hydrogen-bond acceptors (Lipinski definition) is 18. The normalized spacial score (nSPS) is 31.0. The van der Waals surface area contributed by atoms with Crippen LogP contribution >= 0.6 is 0 Å². The Balaban J connectivity index is 2.64. The lowest BCUT2D eigenvalue weighted by atomic mass is 9.96. The fraction of sp³-hybridized carbons (Fsp3) is 0.741. The monoisotopic (exact) mass is 650 g/mol. The smallest absolute Gasteiger partial charge is 0.303 e. The fourth-order valence-corrected chi connectivity index (χ4v) is 4.66. The van der Waals surface area contributed by atoms with Crippen molar-refractivity contribution in [2.24, 2.45) is 0 Å². The number of esters is 7. The summed E-state index contributed by atoms with van der Waals surface area (Å²) in [5, 5.41) is 0. The summed E-state index contributed by atoms with van der Waals surface area (Å²) in [5.41, 5.74) is 0. The summed E-state index contributed by atoms with van der Waals surface area (Å²) in [6.07, 6.45) is -14.9. The van der Waals surface area contributed by atoms with E-state index in [1.807, 2.05) is 0 Å². The first-order chi connectivity index (χ1) is 21.0. The minimum atomic E-state index is -1.74. The number of carbonyl (C=O) groups is 7. The molecule has 45 heavy (non-hydrogen) atoms. The second-order valence-electron chi connectivity index (χ2n) is 9.90. The van der Waals surface area contributed by atoms with Crippen LogP contribution in [0.25, 0.3) is 0 Å². The zero-order chi connectivity index (χ0) is 34.0. The number of hydrogen-bond donors (Lipinski definition) is 0. The van der Waals surface area contributed by atoms with Gasteiger partial charge in [0, 0.05) is 55.6 Å². The summed E-state index contributed by atoms with van der Waals surface area (Å²) in [6.45, 7) is 6.53. The fourth-order valence-electron chi connectivity index (χ4n) is 4.66. The van der Waals surface area contributed by atoms with E-state index in [9.17, 15) is 33.6 Å². The van der Waals surface area contributed by atoms with Gasteiger partial charge in [-0.05, 0) is 0 Å². The van der Waals surface area contributed by atoms with Gasteiger partial charge in [-0.25, -0.2) is 0 Å². The van der Waals surface area contributed by atoms with Crippen LogP contribution in [0.2, 0.25) is 0 Å². The van der Waals surface area contributed by atoms with Crippen molar-refractivity contribution in [1.82, 2.24) is 0 Å². The molecule has 0 aliphatic carbocycles. The van der Waals surface area contributed by atoms with Crippen LogP contribution in [0.1, 0.15) is 48.5 Å². The van der Waals surface area contributed by atoms with Gasteiger partial charge in [0.05, 0.1) is 0 Å². The van der Waals surface area contributed by atoms with Gasteiger partial charge in [0.2, 0.25) is 0 Å². The highest BCUT2D eigenvalue weighted by atomic mass is 16.8. The van der Waals surface area contributed by atoms with Crippen molar-refractivity contribution in [2.45, 2.75) is 110 Å². The summed E-state index contributed by atoms with van der Waals surface area (Å²) in [4.78, 5) is 83.8. The maximum Gasteiger partial charge on any atom is 0.303 e. The van der Waals surface area contributed by atoms with Gasteiger partial charge in [0.25, 0.3) is 0 Å². The minimum Gasteiger partial charge on any atom is -0.463 e. The van der Waals surface area contributed by atoms with E-state index in [1.54, 1.807) is 0 Å².